The first-order valence-corrected chi connectivity index (χ1v) is 12.1. The number of aryl methyl sites for hydroxylation is 1. The second kappa shape index (κ2) is 10.6. The Labute approximate surface area is 210 Å². The largest absolute Gasteiger partial charge is 0.322 e. The molecule has 1 aliphatic rings. The van der Waals surface area contributed by atoms with E-state index in [0.717, 1.165) is 30.0 Å². The van der Waals surface area contributed by atoms with Crippen molar-refractivity contribution in [1.82, 2.24) is 24.8 Å². The predicted octanol–water partition coefficient (Wildman–Crippen LogP) is 5.05. The van der Waals surface area contributed by atoms with Crippen LogP contribution in [-0.4, -0.2) is 50.9 Å². The Morgan fingerprint density at radius 3 is 2.69 bits per heavy atom. The maximum absolute atomic E-state index is 12.9. The van der Waals surface area contributed by atoms with Gasteiger partial charge in [-0.15, -0.1) is 0 Å². The van der Waals surface area contributed by atoms with Gasteiger partial charge in [0.05, 0.1) is 29.0 Å². The number of hydrogen-bond acceptors (Lipinski definition) is 7. The fraction of sp³-hybridized carbons (Fsp3) is 0.250. The lowest BCUT2D eigenvalue weighted by atomic mass is 9.90. The van der Waals surface area contributed by atoms with Crippen molar-refractivity contribution in [3.05, 3.63) is 90.1 Å². The van der Waals surface area contributed by atoms with Gasteiger partial charge in [0.1, 0.15) is 0 Å². The maximum atomic E-state index is 12.9. The van der Waals surface area contributed by atoms with Crippen molar-refractivity contribution in [3.63, 3.8) is 0 Å². The molecule has 1 fully saturated rings. The molecule has 1 unspecified atom stereocenters. The van der Waals surface area contributed by atoms with E-state index in [9.17, 15) is 4.79 Å². The van der Waals surface area contributed by atoms with Crippen LogP contribution >= 0.6 is 0 Å². The molecule has 0 saturated carbocycles. The zero-order chi connectivity index (χ0) is 24.9. The molecule has 8 heteroatoms. The molecule has 4 heterocycles. The Hall–Kier alpha value is -4.17. The van der Waals surface area contributed by atoms with E-state index >= 15 is 0 Å². The average Bonchev–Trinajstić information content (AvgIpc) is 2.91. The van der Waals surface area contributed by atoms with Gasteiger partial charge < -0.3 is 15.5 Å². The summed E-state index contributed by atoms with van der Waals surface area (Å²) < 4.78 is 0. The molecule has 1 aromatic carbocycles. The lowest BCUT2D eigenvalue weighted by molar-refractivity contribution is 0.102. The van der Waals surface area contributed by atoms with Crippen LogP contribution in [0.5, 0.6) is 0 Å². The molecule has 2 N–H and O–H groups in total. The van der Waals surface area contributed by atoms with Crippen molar-refractivity contribution in [2.75, 3.05) is 30.8 Å². The monoisotopic (exact) mass is 479 g/mol. The molecular weight excluding hydrogens is 450 g/mol. The molecule has 182 valence electrons. The number of likely N-dealkylation sites (N-methyl/N-ethyl adjacent to an activating group) is 1. The third-order valence-electron chi connectivity index (χ3n) is 6.47. The number of likely N-dealkylation sites (tertiary alicyclic amines) is 1. The van der Waals surface area contributed by atoms with Gasteiger partial charge in [-0.1, -0.05) is 12.1 Å². The highest BCUT2D eigenvalue weighted by molar-refractivity contribution is 6.04. The first kappa shape index (κ1) is 23.6. The fourth-order valence-electron chi connectivity index (χ4n) is 4.49. The molecule has 0 aliphatic carbocycles. The third-order valence-corrected chi connectivity index (χ3v) is 6.47. The summed E-state index contributed by atoms with van der Waals surface area (Å²) in [4.78, 5) is 32.8. The van der Waals surface area contributed by atoms with Gasteiger partial charge in [-0.05, 0) is 81.2 Å². The standard InChI is InChI=1S/C28H29N7O/c1-19-26(34-28-30-13-11-25(33-28)22-5-3-12-29-16-22)15-24(17-31-19)32-27(36)21-9-7-20(8-10-21)23-6-4-14-35(2)18-23/h3,5,7-13,15-17,23H,4,6,14,18H2,1-2H3,(H,32,36)(H,30,33,34). The number of amides is 1. The van der Waals surface area contributed by atoms with Crippen molar-refractivity contribution < 1.29 is 4.79 Å². The van der Waals surface area contributed by atoms with E-state index in [1.165, 1.54) is 18.4 Å². The summed E-state index contributed by atoms with van der Waals surface area (Å²) in [6.07, 6.45) is 9.23. The predicted molar refractivity (Wildman–Crippen MR) is 141 cm³/mol. The molecule has 1 aliphatic heterocycles. The van der Waals surface area contributed by atoms with E-state index in [-0.39, 0.29) is 5.91 Å². The second-order valence-corrected chi connectivity index (χ2v) is 9.17. The number of nitrogens with zero attached hydrogens (tertiary/aromatic N) is 5. The zero-order valence-corrected chi connectivity index (χ0v) is 20.5. The average molecular weight is 480 g/mol. The first-order chi connectivity index (χ1) is 17.5. The van der Waals surface area contributed by atoms with E-state index in [1.807, 2.05) is 43.3 Å². The quantitative estimate of drug-likeness (QED) is 0.400. The van der Waals surface area contributed by atoms with Gasteiger partial charge in [-0.25, -0.2) is 9.97 Å². The smallest absolute Gasteiger partial charge is 0.255 e. The van der Waals surface area contributed by atoms with Crippen molar-refractivity contribution in [2.45, 2.75) is 25.7 Å². The zero-order valence-electron chi connectivity index (χ0n) is 20.5. The van der Waals surface area contributed by atoms with Crippen LogP contribution < -0.4 is 10.6 Å². The number of aromatic nitrogens is 4. The Balaban J connectivity index is 1.28. The molecule has 8 nitrogen and oxygen atoms in total. The van der Waals surface area contributed by atoms with E-state index < -0.39 is 0 Å². The number of piperidine rings is 1. The third kappa shape index (κ3) is 5.55. The number of anilines is 3. The summed E-state index contributed by atoms with van der Waals surface area (Å²) in [6, 6.07) is 15.4. The minimum absolute atomic E-state index is 0.172. The van der Waals surface area contributed by atoms with E-state index in [1.54, 1.807) is 24.8 Å². The topological polar surface area (TPSA) is 95.9 Å². The van der Waals surface area contributed by atoms with Crippen LogP contribution in [0.2, 0.25) is 0 Å². The summed E-state index contributed by atoms with van der Waals surface area (Å²) in [7, 11) is 2.16. The highest BCUT2D eigenvalue weighted by Crippen LogP contribution is 2.27. The molecule has 1 saturated heterocycles. The van der Waals surface area contributed by atoms with Crippen LogP contribution in [0.15, 0.2) is 73.3 Å². The molecule has 4 aromatic rings. The van der Waals surface area contributed by atoms with Crippen LogP contribution in [0.25, 0.3) is 11.3 Å². The van der Waals surface area contributed by atoms with Crippen molar-refractivity contribution >= 4 is 23.2 Å². The second-order valence-electron chi connectivity index (χ2n) is 9.17. The van der Waals surface area contributed by atoms with Crippen LogP contribution in [0.4, 0.5) is 17.3 Å². The Bertz CT molecular complexity index is 1340. The SMILES string of the molecule is Cc1ncc(NC(=O)c2ccc(C3CCCN(C)C3)cc2)cc1Nc1nccc(-c2cccnc2)n1. The van der Waals surface area contributed by atoms with Gasteiger partial charge in [-0.3, -0.25) is 14.8 Å². The summed E-state index contributed by atoms with van der Waals surface area (Å²) in [5.41, 5.74) is 5.65. The molecule has 5 rings (SSSR count). The highest BCUT2D eigenvalue weighted by atomic mass is 16.1. The molecule has 36 heavy (non-hydrogen) atoms. The van der Waals surface area contributed by atoms with Gasteiger partial charge in [-0.2, -0.15) is 0 Å². The van der Waals surface area contributed by atoms with Crippen LogP contribution in [0.1, 0.15) is 40.4 Å². The van der Waals surface area contributed by atoms with E-state index in [2.05, 4.69) is 54.6 Å². The number of rotatable bonds is 6. The van der Waals surface area contributed by atoms with Gasteiger partial charge in [0.2, 0.25) is 5.95 Å². The van der Waals surface area contributed by atoms with E-state index in [0.29, 0.717) is 28.8 Å². The number of benzene rings is 1. The Morgan fingerprint density at radius 2 is 1.92 bits per heavy atom. The minimum Gasteiger partial charge on any atom is -0.322 e. The first-order valence-electron chi connectivity index (χ1n) is 12.1. The molecule has 3 aromatic heterocycles. The van der Waals surface area contributed by atoms with Crippen LogP contribution in [0.3, 0.4) is 0 Å². The molecule has 1 amide bonds. The number of pyridine rings is 2. The van der Waals surface area contributed by atoms with Gasteiger partial charge >= 0.3 is 0 Å². The Kier molecular flexibility index (Phi) is 6.95. The molecule has 0 radical (unpaired) electrons. The Morgan fingerprint density at radius 1 is 1.06 bits per heavy atom. The number of nitrogens with one attached hydrogen (secondary N) is 2. The van der Waals surface area contributed by atoms with E-state index in [4.69, 9.17) is 0 Å². The summed E-state index contributed by atoms with van der Waals surface area (Å²) in [5.74, 6) is 0.789. The van der Waals surface area contributed by atoms with Crippen molar-refractivity contribution in [3.8, 4) is 11.3 Å². The van der Waals surface area contributed by atoms with Gasteiger partial charge in [0, 0.05) is 36.3 Å². The molecular formula is C28H29N7O. The number of hydrogen-bond donors (Lipinski definition) is 2. The summed E-state index contributed by atoms with van der Waals surface area (Å²) in [5, 5.41) is 6.18. The summed E-state index contributed by atoms with van der Waals surface area (Å²) >= 11 is 0. The number of carbonyl (C=O) groups is 1. The molecule has 0 spiro atoms. The highest BCUT2D eigenvalue weighted by Gasteiger charge is 2.19. The van der Waals surface area contributed by atoms with Crippen molar-refractivity contribution in [2.24, 2.45) is 0 Å². The van der Waals surface area contributed by atoms with Crippen LogP contribution in [-0.2, 0) is 0 Å². The van der Waals surface area contributed by atoms with Gasteiger partial charge in [0.15, 0.2) is 0 Å². The minimum atomic E-state index is -0.172. The molecule has 1 atom stereocenters. The van der Waals surface area contributed by atoms with Crippen molar-refractivity contribution in [1.29, 1.82) is 0 Å². The van der Waals surface area contributed by atoms with Crippen LogP contribution in [0, 0.1) is 6.92 Å². The lowest BCUT2D eigenvalue weighted by Gasteiger charge is -2.30. The maximum Gasteiger partial charge on any atom is 0.255 e. The normalized spacial score (nSPS) is 15.9. The van der Waals surface area contributed by atoms with Gasteiger partial charge in [0.25, 0.3) is 5.91 Å². The number of carbonyl (C=O) groups excluding carboxylic acids is 1. The fourth-order valence-corrected chi connectivity index (χ4v) is 4.49. The molecule has 0 bridgehead atoms. The lowest BCUT2D eigenvalue weighted by Crippen LogP contribution is -2.30. The summed E-state index contributed by atoms with van der Waals surface area (Å²) in [6.45, 7) is 4.10.